The predicted octanol–water partition coefficient (Wildman–Crippen LogP) is 4.33. The lowest BCUT2D eigenvalue weighted by atomic mass is 9.83. The molecule has 1 fully saturated rings. The third-order valence-corrected chi connectivity index (χ3v) is 4.29. The van der Waals surface area contributed by atoms with Gasteiger partial charge in [0.1, 0.15) is 6.10 Å². The van der Waals surface area contributed by atoms with Crippen molar-refractivity contribution < 1.29 is 13.9 Å². The van der Waals surface area contributed by atoms with Crippen LogP contribution >= 0.6 is 31.8 Å². The summed E-state index contributed by atoms with van der Waals surface area (Å²) in [5.74, 6) is 0. The highest BCUT2D eigenvalue weighted by molar-refractivity contribution is 7.40. The van der Waals surface area contributed by atoms with Crippen LogP contribution in [-0.2, 0) is 9.05 Å². The fraction of sp³-hybridized carbons (Fsp3) is 0.455. The first-order valence-electron chi connectivity index (χ1n) is 5.14. The second-order valence-corrected chi connectivity index (χ2v) is 6.36. The Kier molecular flexibility index (Phi) is 3.99. The fourth-order valence-corrected chi connectivity index (χ4v) is 3.25. The maximum Gasteiger partial charge on any atom is 0.330 e. The highest BCUT2D eigenvalue weighted by Crippen LogP contribution is 2.54. The van der Waals surface area contributed by atoms with E-state index in [2.05, 4.69) is 0 Å². The summed E-state index contributed by atoms with van der Waals surface area (Å²) in [4.78, 5) is 9.48. The molecule has 6 heteroatoms. The fourth-order valence-electron chi connectivity index (χ4n) is 1.76. The number of benzene rings is 1. The topological polar surface area (TPSA) is 38.7 Å². The van der Waals surface area contributed by atoms with Crippen molar-refractivity contribution in [3.63, 3.8) is 0 Å². The molecule has 0 radical (unpaired) electrons. The lowest BCUT2D eigenvalue weighted by Crippen LogP contribution is -2.32. The van der Waals surface area contributed by atoms with Gasteiger partial charge in [-0.3, -0.25) is 0 Å². The van der Waals surface area contributed by atoms with Gasteiger partial charge in [0.05, 0.1) is 16.7 Å². The van der Waals surface area contributed by atoms with Gasteiger partial charge in [0.25, 0.3) is 0 Å². The van der Waals surface area contributed by atoms with Crippen LogP contribution in [0.1, 0.15) is 25.5 Å². The summed E-state index contributed by atoms with van der Waals surface area (Å²) >= 11 is 12.2. The standard InChI is InChI=1S/C11H13Cl2O3P/c1-11(2)6-15-17(14)16-10(11)7-4-3-5-8(12)9(7)13/h3-5,10,14H,6H2,1-2H3. The zero-order valence-electron chi connectivity index (χ0n) is 9.48. The van der Waals surface area contributed by atoms with Crippen LogP contribution in [-0.4, -0.2) is 11.5 Å². The van der Waals surface area contributed by atoms with Crippen LogP contribution in [0, 0.1) is 5.41 Å². The largest absolute Gasteiger partial charge is 0.330 e. The van der Waals surface area contributed by atoms with Crippen LogP contribution in [0.3, 0.4) is 0 Å². The molecule has 1 N–H and O–H groups in total. The third kappa shape index (κ3) is 2.76. The average Bonchev–Trinajstić information content (AvgIpc) is 2.26. The third-order valence-electron chi connectivity index (χ3n) is 2.72. The van der Waals surface area contributed by atoms with Gasteiger partial charge < -0.3 is 13.9 Å². The van der Waals surface area contributed by atoms with E-state index in [0.29, 0.717) is 16.7 Å². The number of halogens is 2. The second kappa shape index (κ2) is 5.00. The number of rotatable bonds is 1. The Hall–Kier alpha value is 0.110. The lowest BCUT2D eigenvalue weighted by molar-refractivity contribution is -0.0276. The van der Waals surface area contributed by atoms with Crippen molar-refractivity contribution in [2.45, 2.75) is 20.0 Å². The van der Waals surface area contributed by atoms with Crippen LogP contribution in [0.4, 0.5) is 0 Å². The Labute approximate surface area is 112 Å². The van der Waals surface area contributed by atoms with E-state index in [9.17, 15) is 4.89 Å². The molecule has 1 saturated heterocycles. The molecule has 1 aromatic rings. The molecule has 2 atom stereocenters. The van der Waals surface area contributed by atoms with Crippen molar-refractivity contribution >= 4 is 31.8 Å². The minimum Gasteiger partial charge on any atom is -0.328 e. The summed E-state index contributed by atoms with van der Waals surface area (Å²) in [7, 11) is -1.84. The first-order chi connectivity index (χ1) is 7.92. The molecular formula is C11H13Cl2O3P. The molecule has 1 heterocycles. The van der Waals surface area contributed by atoms with E-state index in [1.165, 1.54) is 0 Å². The molecular weight excluding hydrogens is 282 g/mol. The van der Waals surface area contributed by atoms with E-state index in [1.807, 2.05) is 26.0 Å². The lowest BCUT2D eigenvalue weighted by Gasteiger charge is -2.39. The molecule has 0 amide bonds. The Balaban J connectivity index is 2.40. The van der Waals surface area contributed by atoms with Crippen molar-refractivity contribution in [2.24, 2.45) is 5.41 Å². The Morgan fingerprint density at radius 3 is 2.82 bits per heavy atom. The van der Waals surface area contributed by atoms with E-state index in [4.69, 9.17) is 32.2 Å². The monoisotopic (exact) mass is 294 g/mol. The molecule has 2 rings (SSSR count). The van der Waals surface area contributed by atoms with Gasteiger partial charge in [-0.2, -0.15) is 0 Å². The predicted molar refractivity (Wildman–Crippen MR) is 69.2 cm³/mol. The molecule has 3 nitrogen and oxygen atoms in total. The highest BCUT2D eigenvalue weighted by atomic mass is 35.5. The minimum atomic E-state index is -1.84. The molecule has 0 bridgehead atoms. The zero-order valence-corrected chi connectivity index (χ0v) is 11.9. The van der Waals surface area contributed by atoms with Gasteiger partial charge in [0, 0.05) is 11.0 Å². The van der Waals surface area contributed by atoms with Crippen molar-refractivity contribution in [3.8, 4) is 0 Å². The zero-order chi connectivity index (χ0) is 12.6. The Bertz CT molecular complexity index is 425. The molecule has 1 aliphatic heterocycles. The molecule has 0 saturated carbocycles. The quantitative estimate of drug-likeness (QED) is 0.784. The van der Waals surface area contributed by atoms with Crippen LogP contribution in [0.15, 0.2) is 18.2 Å². The summed E-state index contributed by atoms with van der Waals surface area (Å²) in [5.41, 5.74) is 0.518. The van der Waals surface area contributed by atoms with Gasteiger partial charge >= 0.3 is 8.60 Å². The molecule has 0 aromatic heterocycles. The van der Waals surface area contributed by atoms with Crippen LogP contribution in [0.5, 0.6) is 0 Å². The van der Waals surface area contributed by atoms with Gasteiger partial charge in [-0.05, 0) is 6.07 Å². The second-order valence-electron chi connectivity index (χ2n) is 4.63. The van der Waals surface area contributed by atoms with Gasteiger partial charge in [0.15, 0.2) is 0 Å². The van der Waals surface area contributed by atoms with E-state index in [-0.39, 0.29) is 11.5 Å². The molecule has 94 valence electrons. The van der Waals surface area contributed by atoms with Gasteiger partial charge in [0.2, 0.25) is 0 Å². The minimum absolute atomic E-state index is 0.268. The molecule has 0 aliphatic carbocycles. The Morgan fingerprint density at radius 2 is 2.12 bits per heavy atom. The summed E-state index contributed by atoms with van der Waals surface area (Å²) in [5, 5.41) is 0.954. The first-order valence-corrected chi connectivity index (χ1v) is 7.03. The van der Waals surface area contributed by atoms with Crippen molar-refractivity contribution in [1.82, 2.24) is 0 Å². The van der Waals surface area contributed by atoms with E-state index in [1.54, 1.807) is 6.07 Å². The Morgan fingerprint density at radius 1 is 1.41 bits per heavy atom. The van der Waals surface area contributed by atoms with Gasteiger partial charge in [-0.1, -0.05) is 49.2 Å². The summed E-state index contributed by atoms with van der Waals surface area (Å²) in [6.45, 7) is 4.41. The molecule has 1 aromatic carbocycles. The molecule has 17 heavy (non-hydrogen) atoms. The number of hydrogen-bond acceptors (Lipinski definition) is 3. The highest BCUT2D eigenvalue weighted by Gasteiger charge is 2.40. The maximum absolute atomic E-state index is 9.48. The summed E-state index contributed by atoms with van der Waals surface area (Å²) in [6, 6.07) is 5.40. The first kappa shape index (κ1) is 13.5. The normalized spacial score (nSPS) is 28.1. The summed E-state index contributed by atoms with van der Waals surface area (Å²) in [6.07, 6.45) is -0.321. The molecule has 2 unspecified atom stereocenters. The van der Waals surface area contributed by atoms with Crippen molar-refractivity contribution in [2.75, 3.05) is 6.61 Å². The SMILES string of the molecule is CC1(C)COP(O)OC1c1cccc(Cl)c1Cl. The van der Waals surface area contributed by atoms with Crippen LogP contribution < -0.4 is 0 Å². The van der Waals surface area contributed by atoms with Gasteiger partial charge in [-0.25, -0.2) is 0 Å². The van der Waals surface area contributed by atoms with Crippen LogP contribution in [0.25, 0.3) is 0 Å². The van der Waals surface area contributed by atoms with Crippen LogP contribution in [0.2, 0.25) is 10.0 Å². The van der Waals surface area contributed by atoms with Gasteiger partial charge in [-0.15, -0.1) is 0 Å². The van der Waals surface area contributed by atoms with Crippen molar-refractivity contribution in [3.05, 3.63) is 33.8 Å². The van der Waals surface area contributed by atoms with E-state index >= 15 is 0 Å². The summed E-state index contributed by atoms with van der Waals surface area (Å²) < 4.78 is 10.6. The van der Waals surface area contributed by atoms with E-state index < -0.39 is 8.60 Å². The number of hydrogen-bond donors (Lipinski definition) is 1. The van der Waals surface area contributed by atoms with E-state index in [0.717, 1.165) is 5.56 Å². The molecule has 1 aliphatic rings. The maximum atomic E-state index is 9.48. The van der Waals surface area contributed by atoms with Crippen molar-refractivity contribution in [1.29, 1.82) is 0 Å². The smallest absolute Gasteiger partial charge is 0.328 e. The molecule has 0 spiro atoms. The average molecular weight is 295 g/mol.